The molecule has 2 N–H and O–H groups in total. The molecule has 0 fully saturated rings. The van der Waals surface area contributed by atoms with E-state index in [1.165, 1.54) is 7.11 Å². The summed E-state index contributed by atoms with van der Waals surface area (Å²) in [7, 11) is 1.51. The molecule has 0 aliphatic rings. The van der Waals surface area contributed by atoms with E-state index in [1.54, 1.807) is 24.3 Å². The van der Waals surface area contributed by atoms with Crippen molar-refractivity contribution in [3.05, 3.63) is 29.8 Å². The molecule has 0 unspecified atom stereocenters. The van der Waals surface area contributed by atoms with E-state index in [0.717, 1.165) is 0 Å². The van der Waals surface area contributed by atoms with Crippen LogP contribution in [-0.2, 0) is 19.1 Å². The van der Waals surface area contributed by atoms with Crippen molar-refractivity contribution >= 4 is 17.8 Å². The van der Waals surface area contributed by atoms with Crippen molar-refractivity contribution in [2.45, 2.75) is 6.92 Å². The Bertz CT molecular complexity index is 561. The lowest BCUT2D eigenvalue weighted by Crippen LogP contribution is -2.35. The maximum atomic E-state index is 12.1. The lowest BCUT2D eigenvalue weighted by atomic mass is 10.2. The first kappa shape index (κ1) is 19.4. The summed E-state index contributed by atoms with van der Waals surface area (Å²) in [4.78, 5) is 35.0. The van der Waals surface area contributed by atoms with Gasteiger partial charge in [-0.2, -0.15) is 0 Å². The summed E-state index contributed by atoms with van der Waals surface area (Å²) in [5.74, 6) is -1.17. The third-order valence-corrected chi connectivity index (χ3v) is 2.82. The Morgan fingerprint density at radius 1 is 1.12 bits per heavy atom. The van der Waals surface area contributed by atoms with Crippen LogP contribution in [0.5, 0.6) is 5.75 Å². The Hall–Kier alpha value is -2.61. The van der Waals surface area contributed by atoms with Crippen LogP contribution in [0.1, 0.15) is 17.3 Å². The molecule has 0 aromatic heterocycles. The van der Waals surface area contributed by atoms with E-state index in [-0.39, 0.29) is 6.54 Å². The van der Waals surface area contributed by atoms with Gasteiger partial charge in [-0.1, -0.05) is 12.1 Å². The molecule has 24 heavy (non-hydrogen) atoms. The molecule has 0 saturated carbocycles. The van der Waals surface area contributed by atoms with Gasteiger partial charge in [0, 0.05) is 13.7 Å². The molecule has 0 radical (unpaired) electrons. The molecular formula is C16H22N2O6. The van der Waals surface area contributed by atoms with E-state index in [2.05, 4.69) is 10.6 Å². The zero-order chi connectivity index (χ0) is 17.8. The summed E-state index contributed by atoms with van der Waals surface area (Å²) < 4.78 is 14.9. The van der Waals surface area contributed by atoms with Crippen molar-refractivity contribution in [2.24, 2.45) is 0 Å². The predicted octanol–water partition coefficient (Wildman–Crippen LogP) is 0.121. The van der Waals surface area contributed by atoms with Crippen LogP contribution in [0, 0.1) is 0 Å². The SMILES string of the molecule is CCOc1ccccc1C(=O)NCC(=O)OCC(=O)NCCOC. The second kappa shape index (κ2) is 11.0. The van der Waals surface area contributed by atoms with Crippen LogP contribution in [0.4, 0.5) is 0 Å². The molecule has 0 bridgehead atoms. The molecule has 1 rings (SSSR count). The number of nitrogens with one attached hydrogen (secondary N) is 2. The van der Waals surface area contributed by atoms with Crippen LogP contribution in [0.3, 0.4) is 0 Å². The highest BCUT2D eigenvalue weighted by Gasteiger charge is 2.14. The van der Waals surface area contributed by atoms with Crippen molar-refractivity contribution in [1.29, 1.82) is 0 Å². The van der Waals surface area contributed by atoms with Crippen LogP contribution in [0.25, 0.3) is 0 Å². The maximum absolute atomic E-state index is 12.1. The van der Waals surface area contributed by atoms with Crippen LogP contribution < -0.4 is 15.4 Å². The van der Waals surface area contributed by atoms with E-state index in [0.29, 0.717) is 31.1 Å². The van der Waals surface area contributed by atoms with Gasteiger partial charge in [0.1, 0.15) is 12.3 Å². The number of rotatable bonds is 10. The zero-order valence-corrected chi connectivity index (χ0v) is 13.8. The van der Waals surface area contributed by atoms with Gasteiger partial charge in [-0.3, -0.25) is 14.4 Å². The average Bonchev–Trinajstić information content (AvgIpc) is 2.59. The van der Waals surface area contributed by atoms with Crippen LogP contribution in [0.15, 0.2) is 24.3 Å². The van der Waals surface area contributed by atoms with Gasteiger partial charge >= 0.3 is 5.97 Å². The van der Waals surface area contributed by atoms with Crippen molar-refractivity contribution in [1.82, 2.24) is 10.6 Å². The number of esters is 1. The first-order valence-electron chi connectivity index (χ1n) is 7.49. The number of ether oxygens (including phenoxy) is 3. The first-order chi connectivity index (χ1) is 11.6. The maximum Gasteiger partial charge on any atom is 0.325 e. The highest BCUT2D eigenvalue weighted by Crippen LogP contribution is 2.17. The molecule has 0 aliphatic carbocycles. The third-order valence-electron chi connectivity index (χ3n) is 2.82. The molecule has 132 valence electrons. The van der Waals surface area contributed by atoms with E-state index in [4.69, 9.17) is 14.2 Å². The Kier molecular flexibility index (Phi) is 8.91. The number of para-hydroxylation sites is 1. The molecule has 0 atom stereocenters. The molecule has 0 heterocycles. The Balaban J connectivity index is 2.36. The van der Waals surface area contributed by atoms with Crippen LogP contribution >= 0.6 is 0 Å². The van der Waals surface area contributed by atoms with Crippen molar-refractivity contribution in [3.63, 3.8) is 0 Å². The molecule has 2 amide bonds. The van der Waals surface area contributed by atoms with Crippen molar-refractivity contribution in [3.8, 4) is 5.75 Å². The van der Waals surface area contributed by atoms with E-state index in [1.807, 2.05) is 6.92 Å². The molecule has 1 aromatic rings. The number of benzene rings is 1. The summed E-state index contributed by atoms with van der Waals surface area (Å²) in [6, 6.07) is 6.70. The fourth-order valence-electron chi connectivity index (χ4n) is 1.72. The number of hydrogen-bond acceptors (Lipinski definition) is 6. The average molecular weight is 338 g/mol. The smallest absolute Gasteiger partial charge is 0.325 e. The molecule has 0 aliphatic heterocycles. The van der Waals surface area contributed by atoms with E-state index >= 15 is 0 Å². The Morgan fingerprint density at radius 3 is 2.58 bits per heavy atom. The molecular weight excluding hydrogens is 316 g/mol. The quantitative estimate of drug-likeness (QED) is 0.464. The second-order valence-corrected chi connectivity index (χ2v) is 4.62. The largest absolute Gasteiger partial charge is 0.493 e. The molecule has 8 heteroatoms. The molecule has 0 saturated heterocycles. The fraction of sp³-hybridized carbons (Fsp3) is 0.438. The summed E-state index contributed by atoms with van der Waals surface area (Å²) in [6.45, 7) is 2.18. The van der Waals surface area contributed by atoms with Gasteiger partial charge in [-0.25, -0.2) is 0 Å². The Labute approximate surface area is 140 Å². The van der Waals surface area contributed by atoms with Gasteiger partial charge in [-0.15, -0.1) is 0 Å². The summed E-state index contributed by atoms with van der Waals surface area (Å²) in [5, 5.41) is 4.93. The predicted molar refractivity (Wildman–Crippen MR) is 85.8 cm³/mol. The topological polar surface area (TPSA) is 103 Å². The van der Waals surface area contributed by atoms with Gasteiger partial charge in [-0.05, 0) is 19.1 Å². The summed E-state index contributed by atoms with van der Waals surface area (Å²) >= 11 is 0. The van der Waals surface area contributed by atoms with Gasteiger partial charge in [0.2, 0.25) is 0 Å². The van der Waals surface area contributed by atoms with Gasteiger partial charge in [0.15, 0.2) is 6.61 Å². The highest BCUT2D eigenvalue weighted by atomic mass is 16.5. The number of carbonyl (C=O) groups excluding carboxylic acids is 3. The first-order valence-corrected chi connectivity index (χ1v) is 7.49. The van der Waals surface area contributed by atoms with Crippen LogP contribution in [-0.4, -0.2) is 57.8 Å². The second-order valence-electron chi connectivity index (χ2n) is 4.62. The summed E-state index contributed by atoms with van der Waals surface area (Å²) in [6.07, 6.45) is 0. The molecule has 1 aromatic carbocycles. The lowest BCUT2D eigenvalue weighted by molar-refractivity contribution is -0.147. The lowest BCUT2D eigenvalue weighted by Gasteiger charge is -2.10. The van der Waals surface area contributed by atoms with Crippen molar-refractivity contribution < 1.29 is 28.6 Å². The minimum absolute atomic E-state index is 0.324. The number of carbonyl (C=O) groups is 3. The van der Waals surface area contributed by atoms with E-state index < -0.39 is 24.4 Å². The third kappa shape index (κ3) is 7.10. The normalized spacial score (nSPS) is 9.92. The Morgan fingerprint density at radius 2 is 1.88 bits per heavy atom. The standard InChI is InChI=1S/C16H22N2O6/c1-3-23-13-7-5-4-6-12(13)16(21)18-10-15(20)24-11-14(19)17-8-9-22-2/h4-7H,3,8-11H2,1-2H3,(H,17,19)(H,18,21). The minimum atomic E-state index is -0.709. The van der Waals surface area contributed by atoms with Gasteiger partial charge in [0.25, 0.3) is 11.8 Å². The van der Waals surface area contributed by atoms with Crippen molar-refractivity contribution in [2.75, 3.05) is 40.0 Å². The number of hydrogen-bond donors (Lipinski definition) is 2. The van der Waals surface area contributed by atoms with Gasteiger partial charge in [0.05, 0.1) is 18.8 Å². The van der Waals surface area contributed by atoms with E-state index in [9.17, 15) is 14.4 Å². The minimum Gasteiger partial charge on any atom is -0.493 e. The fourth-order valence-corrected chi connectivity index (χ4v) is 1.72. The van der Waals surface area contributed by atoms with Gasteiger partial charge < -0.3 is 24.8 Å². The molecule has 8 nitrogen and oxygen atoms in total. The molecule has 0 spiro atoms. The zero-order valence-electron chi connectivity index (χ0n) is 13.8. The number of amides is 2. The van der Waals surface area contributed by atoms with Crippen LogP contribution in [0.2, 0.25) is 0 Å². The number of methoxy groups -OCH3 is 1. The summed E-state index contributed by atoms with van der Waals surface area (Å²) in [5.41, 5.74) is 0.324. The monoisotopic (exact) mass is 338 g/mol. The highest BCUT2D eigenvalue weighted by molar-refractivity contribution is 5.98.